The lowest BCUT2D eigenvalue weighted by atomic mass is 10.1. The molecule has 10 heteroatoms. The molecule has 0 bridgehead atoms. The number of halogens is 3. The molecule has 0 aliphatic carbocycles. The Morgan fingerprint density at radius 3 is 2.70 bits per heavy atom. The number of aliphatic hydroxyl groups excluding tert-OH is 1. The SMILES string of the molecule is Cn1cc(C(O)CNc2ccc([N+](=O)[O-])c(C(F)(F)F)c2)cn1. The molecule has 1 atom stereocenters. The molecule has 2 aromatic rings. The highest BCUT2D eigenvalue weighted by molar-refractivity contribution is 5.55. The largest absolute Gasteiger partial charge is 0.423 e. The number of nitrogens with zero attached hydrogens (tertiary/aromatic N) is 3. The summed E-state index contributed by atoms with van der Waals surface area (Å²) in [5, 5.41) is 27.1. The molecule has 0 amide bonds. The number of nitro groups is 1. The van der Waals surface area contributed by atoms with Crippen LogP contribution in [0.5, 0.6) is 0 Å². The van der Waals surface area contributed by atoms with Gasteiger partial charge >= 0.3 is 6.18 Å². The number of nitrogens with one attached hydrogen (secondary N) is 1. The average Bonchev–Trinajstić information content (AvgIpc) is 2.90. The number of rotatable bonds is 5. The molecule has 7 nitrogen and oxygen atoms in total. The minimum Gasteiger partial charge on any atom is -0.386 e. The van der Waals surface area contributed by atoms with E-state index in [9.17, 15) is 28.4 Å². The van der Waals surface area contributed by atoms with E-state index in [-0.39, 0.29) is 12.2 Å². The zero-order chi connectivity index (χ0) is 17.2. The third kappa shape index (κ3) is 3.97. The Hall–Kier alpha value is -2.62. The summed E-state index contributed by atoms with van der Waals surface area (Å²) in [5.74, 6) is 0. The van der Waals surface area contributed by atoms with E-state index in [0.717, 1.165) is 12.1 Å². The van der Waals surface area contributed by atoms with Crippen LogP contribution in [0.2, 0.25) is 0 Å². The summed E-state index contributed by atoms with van der Waals surface area (Å²) >= 11 is 0. The number of alkyl halides is 3. The van der Waals surface area contributed by atoms with Gasteiger partial charge < -0.3 is 10.4 Å². The lowest BCUT2D eigenvalue weighted by Gasteiger charge is -2.13. The number of benzene rings is 1. The summed E-state index contributed by atoms with van der Waals surface area (Å²) in [5.41, 5.74) is -1.84. The van der Waals surface area contributed by atoms with Gasteiger partial charge in [-0.3, -0.25) is 14.8 Å². The van der Waals surface area contributed by atoms with Crippen molar-refractivity contribution in [3.05, 3.63) is 51.8 Å². The molecular formula is C13H13F3N4O3. The Morgan fingerprint density at radius 1 is 1.48 bits per heavy atom. The van der Waals surface area contributed by atoms with Crippen molar-refractivity contribution in [2.75, 3.05) is 11.9 Å². The normalized spacial score (nSPS) is 12.9. The first kappa shape index (κ1) is 16.7. The van der Waals surface area contributed by atoms with Crippen LogP contribution in [-0.4, -0.2) is 26.4 Å². The lowest BCUT2D eigenvalue weighted by Crippen LogP contribution is -2.14. The molecule has 2 N–H and O–H groups in total. The molecule has 1 heterocycles. The Kier molecular flexibility index (Phi) is 4.55. The molecule has 0 spiro atoms. The van der Waals surface area contributed by atoms with Gasteiger partial charge in [0.2, 0.25) is 0 Å². The summed E-state index contributed by atoms with van der Waals surface area (Å²) in [4.78, 5) is 9.58. The first-order valence-electron chi connectivity index (χ1n) is 6.44. The Bertz CT molecular complexity index is 715. The molecule has 23 heavy (non-hydrogen) atoms. The number of nitro benzene ring substituents is 1. The highest BCUT2D eigenvalue weighted by Crippen LogP contribution is 2.37. The van der Waals surface area contributed by atoms with Gasteiger partial charge in [0, 0.05) is 37.1 Å². The van der Waals surface area contributed by atoms with Crippen LogP contribution in [0.1, 0.15) is 17.2 Å². The van der Waals surface area contributed by atoms with Gasteiger partial charge in [-0.15, -0.1) is 0 Å². The van der Waals surface area contributed by atoms with Gasteiger partial charge in [0.05, 0.1) is 17.2 Å². The topological polar surface area (TPSA) is 93.2 Å². The number of hydrogen-bond acceptors (Lipinski definition) is 5. The number of anilines is 1. The Labute approximate surface area is 128 Å². The van der Waals surface area contributed by atoms with Crippen LogP contribution >= 0.6 is 0 Å². The van der Waals surface area contributed by atoms with Crippen molar-refractivity contribution in [1.29, 1.82) is 0 Å². The second kappa shape index (κ2) is 6.24. The second-order valence-electron chi connectivity index (χ2n) is 4.83. The van der Waals surface area contributed by atoms with E-state index in [2.05, 4.69) is 10.4 Å². The molecule has 1 aromatic heterocycles. The van der Waals surface area contributed by atoms with Gasteiger partial charge in [-0.25, -0.2) is 0 Å². The minimum atomic E-state index is -4.85. The van der Waals surface area contributed by atoms with Crippen LogP contribution in [0.25, 0.3) is 0 Å². The van der Waals surface area contributed by atoms with E-state index in [1.54, 1.807) is 13.2 Å². The Balaban J connectivity index is 2.16. The monoisotopic (exact) mass is 330 g/mol. The van der Waals surface area contributed by atoms with Crippen molar-refractivity contribution in [3.63, 3.8) is 0 Å². The molecule has 0 aliphatic rings. The third-order valence-corrected chi connectivity index (χ3v) is 3.11. The third-order valence-electron chi connectivity index (χ3n) is 3.11. The van der Waals surface area contributed by atoms with E-state index in [0.29, 0.717) is 11.6 Å². The average molecular weight is 330 g/mol. The predicted molar refractivity (Wildman–Crippen MR) is 74.8 cm³/mol. The summed E-state index contributed by atoms with van der Waals surface area (Å²) in [6.07, 6.45) is -2.82. The standard InChI is InChI=1S/C13H13F3N4O3/c1-19-7-8(5-18-19)12(21)6-17-9-2-3-11(20(22)23)10(4-9)13(14,15)16/h2-5,7,12,17,21H,6H2,1H3. The summed E-state index contributed by atoms with van der Waals surface area (Å²) in [7, 11) is 1.66. The molecule has 2 rings (SSSR count). The van der Waals surface area contributed by atoms with Gasteiger partial charge in [-0.1, -0.05) is 0 Å². The minimum absolute atomic E-state index is 0.0193. The van der Waals surface area contributed by atoms with Crippen LogP contribution < -0.4 is 5.32 Å². The first-order valence-corrected chi connectivity index (χ1v) is 6.44. The van der Waals surface area contributed by atoms with Gasteiger partial charge in [-0.2, -0.15) is 18.3 Å². The molecule has 1 aromatic carbocycles. The number of aliphatic hydroxyl groups is 1. The molecular weight excluding hydrogens is 317 g/mol. The van der Waals surface area contributed by atoms with Crippen LogP contribution in [0.15, 0.2) is 30.6 Å². The maximum Gasteiger partial charge on any atom is 0.423 e. The summed E-state index contributed by atoms with van der Waals surface area (Å²) < 4.78 is 40.1. The van der Waals surface area contributed by atoms with Crippen molar-refractivity contribution in [2.45, 2.75) is 12.3 Å². The molecule has 124 valence electrons. The van der Waals surface area contributed by atoms with Gasteiger partial charge in [-0.05, 0) is 12.1 Å². The maximum atomic E-state index is 12.9. The fourth-order valence-corrected chi connectivity index (χ4v) is 1.98. The molecule has 0 fully saturated rings. The highest BCUT2D eigenvalue weighted by Gasteiger charge is 2.38. The van der Waals surface area contributed by atoms with Gasteiger partial charge in [0.1, 0.15) is 5.56 Å². The highest BCUT2D eigenvalue weighted by atomic mass is 19.4. The van der Waals surface area contributed by atoms with Gasteiger partial charge in [0.25, 0.3) is 5.69 Å². The van der Waals surface area contributed by atoms with Crippen molar-refractivity contribution >= 4 is 11.4 Å². The fourth-order valence-electron chi connectivity index (χ4n) is 1.98. The maximum absolute atomic E-state index is 12.9. The summed E-state index contributed by atoms with van der Waals surface area (Å²) in [6.45, 7) is -0.0686. The number of aryl methyl sites for hydroxylation is 1. The van der Waals surface area contributed by atoms with E-state index in [1.165, 1.54) is 10.9 Å². The molecule has 0 radical (unpaired) electrons. The zero-order valence-electron chi connectivity index (χ0n) is 11.9. The quantitative estimate of drug-likeness (QED) is 0.649. The van der Waals surface area contributed by atoms with Crippen LogP contribution in [0.4, 0.5) is 24.5 Å². The van der Waals surface area contributed by atoms with Crippen LogP contribution in [0.3, 0.4) is 0 Å². The van der Waals surface area contributed by atoms with Crippen LogP contribution in [0, 0.1) is 10.1 Å². The molecule has 0 saturated carbocycles. The number of hydrogen-bond donors (Lipinski definition) is 2. The van der Waals surface area contributed by atoms with Crippen molar-refractivity contribution in [2.24, 2.45) is 7.05 Å². The molecule has 0 aliphatic heterocycles. The fraction of sp³-hybridized carbons (Fsp3) is 0.308. The predicted octanol–water partition coefficient (Wildman–Crippen LogP) is 2.49. The van der Waals surface area contributed by atoms with E-state index in [1.807, 2.05) is 0 Å². The van der Waals surface area contributed by atoms with E-state index < -0.39 is 28.5 Å². The molecule has 1 unspecified atom stereocenters. The number of aromatic nitrogens is 2. The Morgan fingerprint density at radius 2 is 2.17 bits per heavy atom. The first-order chi connectivity index (χ1) is 10.7. The van der Waals surface area contributed by atoms with Crippen LogP contribution in [-0.2, 0) is 13.2 Å². The smallest absolute Gasteiger partial charge is 0.386 e. The van der Waals surface area contributed by atoms with Crippen molar-refractivity contribution in [1.82, 2.24) is 9.78 Å². The van der Waals surface area contributed by atoms with Gasteiger partial charge in [0.15, 0.2) is 0 Å². The van der Waals surface area contributed by atoms with Crippen molar-refractivity contribution < 1.29 is 23.2 Å². The second-order valence-corrected chi connectivity index (χ2v) is 4.83. The molecule has 0 saturated heterocycles. The van der Waals surface area contributed by atoms with E-state index in [4.69, 9.17) is 0 Å². The lowest BCUT2D eigenvalue weighted by molar-refractivity contribution is -0.388. The summed E-state index contributed by atoms with van der Waals surface area (Å²) in [6, 6.07) is 2.58. The zero-order valence-corrected chi connectivity index (χ0v) is 11.9. The van der Waals surface area contributed by atoms with Crippen molar-refractivity contribution in [3.8, 4) is 0 Å². The van der Waals surface area contributed by atoms with E-state index >= 15 is 0 Å².